The lowest BCUT2D eigenvalue weighted by Crippen LogP contribution is -2.44. The first-order valence-corrected chi connectivity index (χ1v) is 16.3. The lowest BCUT2D eigenvalue weighted by atomic mass is 9.89. The topological polar surface area (TPSA) is 62.2 Å². The molecule has 45 heavy (non-hydrogen) atoms. The van der Waals surface area contributed by atoms with Crippen LogP contribution in [0.5, 0.6) is 5.75 Å². The molecule has 1 aromatic carbocycles. The third-order valence-corrected chi connectivity index (χ3v) is 9.06. The highest BCUT2D eigenvalue weighted by molar-refractivity contribution is 7.21. The molecule has 8 nitrogen and oxygen atoms in total. The number of benzene rings is 1. The summed E-state index contributed by atoms with van der Waals surface area (Å²) in [5.41, 5.74) is 3.32. The van der Waals surface area contributed by atoms with Crippen LogP contribution in [0.3, 0.4) is 0 Å². The van der Waals surface area contributed by atoms with E-state index < -0.39 is 5.31 Å². The van der Waals surface area contributed by atoms with E-state index in [0.29, 0.717) is 43.2 Å². The van der Waals surface area contributed by atoms with Gasteiger partial charge in [0.25, 0.3) is 5.91 Å². The molecule has 1 N–H and O–H groups in total. The number of nitrogens with one attached hydrogen (secondary N) is 1. The highest BCUT2D eigenvalue weighted by atomic mass is 31.0. The number of hydrogen-bond donors (Lipinski definition) is 1. The van der Waals surface area contributed by atoms with E-state index in [-0.39, 0.29) is 12.5 Å². The molecular weight excluding hydrogens is 587 g/mol. The summed E-state index contributed by atoms with van der Waals surface area (Å²) in [5, 5.41) is 2.78. The van der Waals surface area contributed by atoms with E-state index in [2.05, 4.69) is 69.5 Å². The fourth-order valence-corrected chi connectivity index (χ4v) is 6.54. The number of fused-ring (bicyclic) bond motifs is 1. The number of anilines is 1. The van der Waals surface area contributed by atoms with Crippen LogP contribution in [-0.4, -0.2) is 108 Å². The number of halogens is 1. The van der Waals surface area contributed by atoms with Gasteiger partial charge in [-0.1, -0.05) is 12.0 Å². The van der Waals surface area contributed by atoms with E-state index in [1.54, 1.807) is 26.3 Å². The summed E-state index contributed by atoms with van der Waals surface area (Å²) < 4.78 is 27.9. The molecule has 0 saturated heterocycles. The van der Waals surface area contributed by atoms with E-state index >= 15 is 0 Å². The molecule has 1 aromatic heterocycles. The molecule has 11 heteroatoms. The van der Waals surface area contributed by atoms with E-state index in [1.165, 1.54) is 18.5 Å². The predicted molar refractivity (Wildman–Crippen MR) is 185 cm³/mol. The summed E-state index contributed by atoms with van der Waals surface area (Å²) in [6, 6.07) is 8.57. The second-order valence-electron chi connectivity index (χ2n) is 12.3. The highest BCUT2D eigenvalue weighted by Gasteiger charge is 2.28. The van der Waals surface area contributed by atoms with E-state index in [9.17, 15) is 9.18 Å². The van der Waals surface area contributed by atoms with Gasteiger partial charge in [-0.3, -0.25) is 4.79 Å². The number of ether oxygens (including phenoxy) is 2. The van der Waals surface area contributed by atoms with Crippen molar-refractivity contribution in [2.45, 2.75) is 62.5 Å². The molecule has 2 radical (unpaired) electrons. The fourth-order valence-electron chi connectivity index (χ4n) is 6.36. The maximum Gasteiger partial charge on any atom is 0.251 e. The van der Waals surface area contributed by atoms with Crippen molar-refractivity contribution < 1.29 is 18.7 Å². The monoisotopic (exact) mass is 635 g/mol. The molecule has 2 unspecified atom stereocenters. The number of carbonyl (C=O) groups is 1. The minimum Gasteiger partial charge on any atom is -0.489 e. The highest BCUT2D eigenvalue weighted by Crippen LogP contribution is 2.30. The number of aromatic nitrogens is 1. The van der Waals surface area contributed by atoms with Gasteiger partial charge >= 0.3 is 0 Å². The standard InChI is InChI=1S/C34H48BFN5O3P/c1-37-33(42)24-12-17-31(32(21-24)44-20-19-43-6)39(4)18-8-9-27-22-28-29(10-7-11-30(28)41(27)23-34(35,36)45)40(5)26-15-13-25(14-16-26)38(2)3/h11-12,17,21-22,25-26H,7,10,13-16,18-20,23,45H2,1-6H3,(H,37,42). The Labute approximate surface area is 271 Å². The minimum absolute atomic E-state index is 0.0211. The number of carbonyl (C=O) groups excluding carboxylic acids is 1. The zero-order valence-electron chi connectivity index (χ0n) is 27.7. The van der Waals surface area contributed by atoms with Crippen molar-refractivity contribution in [1.82, 2.24) is 19.7 Å². The molecule has 0 spiro atoms. The normalized spacial score (nSPS) is 19.1. The van der Waals surface area contributed by atoms with Gasteiger partial charge < -0.3 is 34.1 Å². The maximum absolute atomic E-state index is 14.9. The first kappa shape index (κ1) is 34.9. The van der Waals surface area contributed by atoms with Crippen LogP contribution in [0.25, 0.3) is 11.8 Å². The molecule has 2 aliphatic carbocycles. The van der Waals surface area contributed by atoms with Crippen LogP contribution in [0.4, 0.5) is 10.1 Å². The average Bonchev–Trinajstić information content (AvgIpc) is 3.35. The Morgan fingerprint density at radius 2 is 1.87 bits per heavy atom. The molecule has 2 aromatic rings. The Kier molecular flexibility index (Phi) is 12.0. The Bertz CT molecular complexity index is 1520. The van der Waals surface area contributed by atoms with Crippen LogP contribution in [0.15, 0.2) is 24.3 Å². The van der Waals surface area contributed by atoms with Gasteiger partial charge in [-0.25, -0.2) is 4.39 Å². The van der Waals surface area contributed by atoms with Crippen LogP contribution >= 0.6 is 9.24 Å². The van der Waals surface area contributed by atoms with Crippen LogP contribution < -0.4 is 25.5 Å². The smallest absolute Gasteiger partial charge is 0.251 e. The minimum atomic E-state index is -1.97. The maximum atomic E-state index is 14.9. The number of nitrogens with zero attached hydrogens (tertiary/aromatic N) is 4. The molecule has 2 aliphatic rings. The molecule has 4 rings (SSSR count). The van der Waals surface area contributed by atoms with Crippen LogP contribution in [0.1, 0.15) is 54.6 Å². The SMILES string of the molecule is [B]C(F)(P)Cn1c(C#CCN(C)c2ccc(C(=O)NC)cc2OCCOC)cc2c1=CCCC=2N(C)C1CCC(N(C)C)CC1. The molecule has 0 aliphatic heterocycles. The van der Waals surface area contributed by atoms with Crippen molar-refractivity contribution in [1.29, 1.82) is 0 Å². The molecule has 1 fully saturated rings. The number of amides is 1. The quantitative estimate of drug-likeness (QED) is 0.168. The number of alkyl halides is 1. The molecule has 2 atom stereocenters. The second-order valence-corrected chi connectivity index (χ2v) is 13.3. The van der Waals surface area contributed by atoms with Crippen LogP contribution in [-0.2, 0) is 11.3 Å². The first-order valence-electron chi connectivity index (χ1n) is 15.7. The molecule has 1 heterocycles. The Balaban J connectivity index is 1.64. The summed E-state index contributed by atoms with van der Waals surface area (Å²) in [6.45, 7) is 1.13. The van der Waals surface area contributed by atoms with Gasteiger partial charge in [-0.2, -0.15) is 0 Å². The van der Waals surface area contributed by atoms with Crippen LogP contribution in [0, 0.1) is 11.8 Å². The van der Waals surface area contributed by atoms with Gasteiger partial charge in [0.05, 0.1) is 36.4 Å². The number of hydrogen-bond acceptors (Lipinski definition) is 6. The van der Waals surface area contributed by atoms with Crippen molar-refractivity contribution in [2.24, 2.45) is 0 Å². The van der Waals surface area contributed by atoms with E-state index in [4.69, 9.17) is 17.3 Å². The Hall–Kier alpha value is -2.99. The van der Waals surface area contributed by atoms with Crippen molar-refractivity contribution in [2.75, 3.05) is 67.0 Å². The van der Waals surface area contributed by atoms with Gasteiger partial charge in [0.1, 0.15) is 20.2 Å². The van der Waals surface area contributed by atoms with Crippen molar-refractivity contribution in [3.8, 4) is 17.6 Å². The van der Waals surface area contributed by atoms with Gasteiger partial charge in [0.2, 0.25) is 0 Å². The lowest BCUT2D eigenvalue weighted by Gasteiger charge is -2.39. The fraction of sp³-hybridized carbons (Fsp3) is 0.559. The van der Waals surface area contributed by atoms with Crippen molar-refractivity contribution in [3.05, 3.63) is 46.1 Å². The summed E-state index contributed by atoms with van der Waals surface area (Å²) >= 11 is 0. The third-order valence-electron chi connectivity index (χ3n) is 8.88. The molecular formula is C34H48BFN5O3P. The number of methoxy groups -OCH3 is 1. The zero-order valence-corrected chi connectivity index (χ0v) is 28.8. The predicted octanol–water partition coefficient (Wildman–Crippen LogP) is 2.51. The Morgan fingerprint density at radius 3 is 2.51 bits per heavy atom. The average molecular weight is 636 g/mol. The summed E-state index contributed by atoms with van der Waals surface area (Å²) in [5.74, 6) is 6.98. The zero-order chi connectivity index (χ0) is 32.7. The summed E-state index contributed by atoms with van der Waals surface area (Å²) in [4.78, 5) is 19.0. The molecule has 0 bridgehead atoms. The summed E-state index contributed by atoms with van der Waals surface area (Å²) in [7, 11) is 19.7. The van der Waals surface area contributed by atoms with Gasteiger partial charge in [0, 0.05) is 62.2 Å². The largest absolute Gasteiger partial charge is 0.489 e. The van der Waals surface area contributed by atoms with Crippen molar-refractivity contribution >= 4 is 40.5 Å². The first-order chi connectivity index (χ1) is 21.4. The Morgan fingerprint density at radius 1 is 1.16 bits per heavy atom. The van der Waals surface area contributed by atoms with Crippen LogP contribution in [0.2, 0.25) is 0 Å². The molecule has 242 valence electrons. The lowest BCUT2D eigenvalue weighted by molar-refractivity contribution is 0.0962. The van der Waals surface area contributed by atoms with Crippen molar-refractivity contribution in [3.63, 3.8) is 0 Å². The molecule has 1 saturated carbocycles. The number of rotatable bonds is 12. The van der Waals surface area contributed by atoms with Gasteiger partial charge in [-0.15, -0.1) is 9.24 Å². The molecule has 1 amide bonds. The van der Waals surface area contributed by atoms with Gasteiger partial charge in [-0.05, 0) is 82.8 Å². The second kappa shape index (κ2) is 15.5. The summed E-state index contributed by atoms with van der Waals surface area (Å²) in [6.07, 6.45) is 8.71. The third kappa shape index (κ3) is 8.84. The van der Waals surface area contributed by atoms with Gasteiger partial charge in [0.15, 0.2) is 0 Å². The van der Waals surface area contributed by atoms with E-state index in [0.717, 1.165) is 47.6 Å². The van der Waals surface area contributed by atoms with E-state index in [1.807, 2.05) is 22.6 Å².